The fraction of sp³-hybridized carbons (Fsp3) is 0.462. The zero-order chi connectivity index (χ0) is 12.1. The third-order valence-electron chi connectivity index (χ3n) is 2.44. The van der Waals surface area contributed by atoms with Gasteiger partial charge in [-0.25, -0.2) is 0 Å². The molecule has 1 atom stereocenters. The minimum absolute atomic E-state index is 0. The first-order valence-corrected chi connectivity index (χ1v) is 5.66. The number of carbonyl (C=O) groups is 1. The number of amides is 1. The normalized spacial score (nSPS) is 18.2. The van der Waals surface area contributed by atoms with Gasteiger partial charge in [0.15, 0.2) is 0 Å². The van der Waals surface area contributed by atoms with Crippen LogP contribution in [0.2, 0.25) is 0 Å². The van der Waals surface area contributed by atoms with Gasteiger partial charge in [-0.3, -0.25) is 4.79 Å². The quantitative estimate of drug-likeness (QED) is 0.805. The van der Waals surface area contributed by atoms with E-state index in [0.29, 0.717) is 13.0 Å². The Kier molecular flexibility index (Phi) is 7.85. The molecular weight excluding hydrogens is 291 g/mol. The number of anilines is 1. The Hall–Kier alpha value is -0.246. The summed E-state index contributed by atoms with van der Waals surface area (Å²) in [7, 11) is 0. The summed E-state index contributed by atoms with van der Waals surface area (Å²) in [6.07, 6.45) is -0.302. The van der Waals surface area contributed by atoms with E-state index in [1.807, 2.05) is 32.9 Å². The number of aliphatic hydroxyl groups excluding tert-OH is 1. The molecule has 4 heteroatoms. The van der Waals surface area contributed by atoms with Crippen molar-refractivity contribution in [2.45, 2.75) is 33.3 Å². The van der Waals surface area contributed by atoms with Crippen molar-refractivity contribution in [2.24, 2.45) is 0 Å². The zero-order valence-corrected chi connectivity index (χ0v) is 13.4. The molecule has 1 aromatic carbocycles. The van der Waals surface area contributed by atoms with Gasteiger partial charge in [0.2, 0.25) is 5.91 Å². The van der Waals surface area contributed by atoms with Gasteiger partial charge >= 0.3 is 0 Å². The average molecular weight is 309 g/mol. The van der Waals surface area contributed by atoms with E-state index in [1.165, 1.54) is 0 Å². The molecule has 1 aromatic rings. The van der Waals surface area contributed by atoms with E-state index in [0.717, 1.165) is 11.3 Å². The standard InChI is InChI=1S/C11H12NO2.C2H6.Y/c1-8-2-4-9(5-3-8)12-7-6-10(13)11(12)14;1-2;/h2,4-5,10,13H,6-7H2,1H3;1-2H3;/q-1;;. The monoisotopic (exact) mass is 309 g/mol. The fourth-order valence-electron chi connectivity index (χ4n) is 1.58. The Balaban J connectivity index is 0.000000811. The van der Waals surface area contributed by atoms with Gasteiger partial charge in [0, 0.05) is 39.3 Å². The van der Waals surface area contributed by atoms with Crippen molar-refractivity contribution in [1.29, 1.82) is 0 Å². The Morgan fingerprint density at radius 3 is 2.47 bits per heavy atom. The fourth-order valence-corrected chi connectivity index (χ4v) is 1.58. The molecule has 0 spiro atoms. The molecule has 3 nitrogen and oxygen atoms in total. The smallest absolute Gasteiger partial charge is 0.244 e. The molecule has 1 unspecified atom stereocenters. The second kappa shape index (κ2) is 7.96. The van der Waals surface area contributed by atoms with Crippen LogP contribution in [0.3, 0.4) is 0 Å². The second-order valence-electron chi connectivity index (χ2n) is 3.52. The van der Waals surface area contributed by atoms with Crippen LogP contribution in [0, 0.1) is 13.0 Å². The molecule has 0 saturated carbocycles. The number of nitrogens with zero attached hydrogens (tertiary/aromatic N) is 1. The summed E-state index contributed by atoms with van der Waals surface area (Å²) in [6.45, 7) is 6.54. The maximum absolute atomic E-state index is 11.5. The number of aryl methyl sites for hydroxylation is 1. The first kappa shape index (κ1) is 16.8. The summed E-state index contributed by atoms with van der Waals surface area (Å²) >= 11 is 0. The Morgan fingerprint density at radius 2 is 2.06 bits per heavy atom. The van der Waals surface area contributed by atoms with Gasteiger partial charge in [0.1, 0.15) is 6.10 Å². The zero-order valence-electron chi connectivity index (χ0n) is 10.6. The third kappa shape index (κ3) is 4.16. The summed E-state index contributed by atoms with van der Waals surface area (Å²) in [5.41, 5.74) is 1.86. The van der Waals surface area contributed by atoms with E-state index in [4.69, 9.17) is 0 Å². The molecule has 0 bridgehead atoms. The molecule has 1 N–H and O–H groups in total. The van der Waals surface area contributed by atoms with Crippen LogP contribution in [0.5, 0.6) is 0 Å². The number of hydrogen-bond acceptors (Lipinski definition) is 2. The molecule has 1 aliphatic heterocycles. The molecule has 1 radical (unpaired) electrons. The van der Waals surface area contributed by atoms with Crippen molar-refractivity contribution in [2.75, 3.05) is 11.4 Å². The molecule has 91 valence electrons. The Labute approximate surface area is 128 Å². The maximum Gasteiger partial charge on any atom is 0.244 e. The van der Waals surface area contributed by atoms with Crippen LogP contribution in [-0.2, 0) is 37.5 Å². The van der Waals surface area contributed by atoms with Crippen LogP contribution in [-0.4, -0.2) is 23.7 Å². The molecule has 1 heterocycles. The van der Waals surface area contributed by atoms with E-state index in [-0.39, 0.29) is 38.6 Å². The van der Waals surface area contributed by atoms with Crippen LogP contribution >= 0.6 is 0 Å². The second-order valence-corrected chi connectivity index (χ2v) is 3.52. The first-order valence-electron chi connectivity index (χ1n) is 5.66. The van der Waals surface area contributed by atoms with Crippen molar-refractivity contribution in [3.8, 4) is 0 Å². The number of hydrogen-bond donors (Lipinski definition) is 1. The van der Waals surface area contributed by atoms with Gasteiger partial charge in [0.25, 0.3) is 0 Å². The topological polar surface area (TPSA) is 40.5 Å². The van der Waals surface area contributed by atoms with E-state index >= 15 is 0 Å². The van der Waals surface area contributed by atoms with Crippen LogP contribution in [0.4, 0.5) is 5.69 Å². The van der Waals surface area contributed by atoms with Gasteiger partial charge in [-0.05, 0) is 6.42 Å². The van der Waals surface area contributed by atoms with Gasteiger partial charge in [-0.15, -0.1) is 6.07 Å². The van der Waals surface area contributed by atoms with E-state index in [1.54, 1.807) is 11.0 Å². The van der Waals surface area contributed by atoms with Crippen molar-refractivity contribution in [3.05, 3.63) is 29.8 Å². The van der Waals surface area contributed by atoms with E-state index in [2.05, 4.69) is 6.07 Å². The van der Waals surface area contributed by atoms with Gasteiger partial charge < -0.3 is 10.0 Å². The van der Waals surface area contributed by atoms with E-state index in [9.17, 15) is 9.90 Å². The number of benzene rings is 1. The Morgan fingerprint density at radius 1 is 1.41 bits per heavy atom. The van der Waals surface area contributed by atoms with Crippen LogP contribution < -0.4 is 4.90 Å². The predicted octanol–water partition coefficient (Wildman–Crippen LogP) is 1.92. The molecule has 1 amide bonds. The largest absolute Gasteiger partial charge is 0.383 e. The van der Waals surface area contributed by atoms with Gasteiger partial charge in [0.05, 0.1) is 0 Å². The third-order valence-corrected chi connectivity index (χ3v) is 2.44. The predicted molar refractivity (Wildman–Crippen MR) is 64.3 cm³/mol. The van der Waals surface area contributed by atoms with Gasteiger partial charge in [-0.1, -0.05) is 26.5 Å². The van der Waals surface area contributed by atoms with Crippen LogP contribution in [0.25, 0.3) is 0 Å². The molecule has 0 aliphatic carbocycles. The molecule has 0 aromatic heterocycles. The summed E-state index contributed by atoms with van der Waals surface area (Å²) < 4.78 is 0. The van der Waals surface area contributed by atoms with Crippen LogP contribution in [0.1, 0.15) is 25.8 Å². The van der Waals surface area contributed by atoms with Crippen molar-refractivity contribution < 1.29 is 42.6 Å². The van der Waals surface area contributed by atoms with Crippen molar-refractivity contribution >= 4 is 11.6 Å². The minimum Gasteiger partial charge on any atom is -0.383 e. The summed E-state index contributed by atoms with van der Waals surface area (Å²) in [4.78, 5) is 13.1. The number of carbonyl (C=O) groups excluding carboxylic acids is 1. The molecule has 2 rings (SSSR count). The van der Waals surface area contributed by atoms with Crippen molar-refractivity contribution in [3.63, 3.8) is 0 Å². The molecular formula is C13H18NO2Y-. The van der Waals surface area contributed by atoms with Gasteiger partial charge in [-0.2, -0.15) is 23.8 Å². The van der Waals surface area contributed by atoms with Crippen molar-refractivity contribution in [1.82, 2.24) is 0 Å². The summed E-state index contributed by atoms with van der Waals surface area (Å²) in [5, 5.41) is 9.28. The van der Waals surface area contributed by atoms with Crippen LogP contribution in [0.15, 0.2) is 18.2 Å². The summed E-state index contributed by atoms with van der Waals surface area (Å²) in [6, 6.07) is 8.61. The minimum atomic E-state index is -0.823. The number of rotatable bonds is 1. The number of aliphatic hydroxyl groups is 1. The van der Waals surface area contributed by atoms with E-state index < -0.39 is 6.10 Å². The maximum atomic E-state index is 11.5. The molecule has 17 heavy (non-hydrogen) atoms. The Bertz CT molecular complexity index is 351. The molecule has 1 saturated heterocycles. The first-order chi connectivity index (χ1) is 7.68. The molecule has 1 aliphatic rings. The average Bonchev–Trinajstić information content (AvgIpc) is 2.64. The SMILES string of the molecule is CC.Cc1[c-]cc(N2CCC(O)C2=O)cc1.[Y]. The summed E-state index contributed by atoms with van der Waals surface area (Å²) in [5.74, 6) is -0.206. The molecule has 1 fully saturated rings.